The van der Waals surface area contributed by atoms with Crippen LogP contribution in [0, 0.1) is 6.92 Å². The van der Waals surface area contributed by atoms with Crippen molar-refractivity contribution < 1.29 is 9.21 Å². The SMILES string of the molecule is Cc1oc(-c2ccsc2)nc1CC(=O)NCCCCN.Cl.Cl. The van der Waals surface area contributed by atoms with E-state index in [1.165, 1.54) is 0 Å². The average Bonchev–Trinajstić information content (AvgIpc) is 3.05. The largest absolute Gasteiger partial charge is 0.441 e. The minimum absolute atomic E-state index is 0. The molecule has 3 N–H and O–H groups in total. The second-order valence-corrected chi connectivity index (χ2v) is 5.34. The summed E-state index contributed by atoms with van der Waals surface area (Å²) >= 11 is 1.59. The molecule has 0 aliphatic carbocycles. The number of nitrogens with one attached hydrogen (secondary N) is 1. The molecule has 0 aliphatic heterocycles. The first kappa shape index (κ1) is 20.9. The van der Waals surface area contributed by atoms with Crippen LogP contribution in [-0.4, -0.2) is 24.0 Å². The fourth-order valence-corrected chi connectivity index (χ4v) is 2.44. The standard InChI is InChI=1S/C14H19N3O2S.2ClH/c1-10-12(8-13(18)16-6-3-2-5-15)17-14(19-10)11-4-7-20-9-11;;/h4,7,9H,2-3,5-6,8,15H2,1H3,(H,16,18);2*1H. The van der Waals surface area contributed by atoms with Gasteiger partial charge in [0.1, 0.15) is 5.76 Å². The summed E-state index contributed by atoms with van der Waals surface area (Å²) in [5.74, 6) is 1.24. The van der Waals surface area contributed by atoms with E-state index in [4.69, 9.17) is 10.2 Å². The van der Waals surface area contributed by atoms with E-state index in [-0.39, 0.29) is 37.1 Å². The Balaban J connectivity index is 0.00000220. The number of carbonyl (C=O) groups excluding carboxylic acids is 1. The number of carbonyl (C=O) groups is 1. The van der Waals surface area contributed by atoms with Gasteiger partial charge in [0.15, 0.2) is 0 Å². The first-order valence-electron chi connectivity index (χ1n) is 6.66. The van der Waals surface area contributed by atoms with Crippen LogP contribution in [0.3, 0.4) is 0 Å². The van der Waals surface area contributed by atoms with Crippen LogP contribution in [0.1, 0.15) is 24.3 Å². The monoisotopic (exact) mass is 365 g/mol. The van der Waals surface area contributed by atoms with E-state index in [0.29, 0.717) is 30.4 Å². The molecule has 0 atom stereocenters. The molecule has 2 rings (SSSR count). The van der Waals surface area contributed by atoms with E-state index in [2.05, 4.69) is 10.3 Å². The Morgan fingerprint density at radius 1 is 1.41 bits per heavy atom. The van der Waals surface area contributed by atoms with Gasteiger partial charge < -0.3 is 15.5 Å². The fraction of sp³-hybridized carbons (Fsp3) is 0.429. The number of halogens is 2. The molecule has 0 fully saturated rings. The zero-order chi connectivity index (χ0) is 14.4. The summed E-state index contributed by atoms with van der Waals surface area (Å²) in [6, 6.07) is 1.95. The summed E-state index contributed by atoms with van der Waals surface area (Å²) in [5, 5.41) is 6.81. The Kier molecular flexibility index (Phi) is 10.1. The Bertz CT molecular complexity index is 558. The molecule has 124 valence electrons. The summed E-state index contributed by atoms with van der Waals surface area (Å²) in [7, 11) is 0. The Hall–Kier alpha value is -1.08. The summed E-state index contributed by atoms with van der Waals surface area (Å²) in [6.45, 7) is 3.15. The maximum absolute atomic E-state index is 11.8. The molecule has 2 aromatic heterocycles. The third-order valence-corrected chi connectivity index (χ3v) is 3.63. The minimum atomic E-state index is -0.0321. The van der Waals surface area contributed by atoms with Crippen molar-refractivity contribution in [2.24, 2.45) is 5.73 Å². The molecule has 0 bridgehead atoms. The van der Waals surface area contributed by atoms with Gasteiger partial charge in [-0.2, -0.15) is 11.3 Å². The molecule has 5 nitrogen and oxygen atoms in total. The van der Waals surface area contributed by atoms with Crippen molar-refractivity contribution in [3.63, 3.8) is 0 Å². The average molecular weight is 366 g/mol. The molecule has 0 saturated carbocycles. The van der Waals surface area contributed by atoms with Crippen molar-refractivity contribution in [2.75, 3.05) is 13.1 Å². The molecule has 0 spiro atoms. The van der Waals surface area contributed by atoms with E-state index in [1.54, 1.807) is 11.3 Å². The van der Waals surface area contributed by atoms with Crippen LogP contribution in [0.25, 0.3) is 11.5 Å². The molecule has 2 heterocycles. The molecule has 1 amide bonds. The van der Waals surface area contributed by atoms with Gasteiger partial charge in [-0.05, 0) is 37.8 Å². The maximum atomic E-state index is 11.8. The van der Waals surface area contributed by atoms with Crippen LogP contribution >= 0.6 is 36.2 Å². The van der Waals surface area contributed by atoms with E-state index in [0.717, 1.165) is 18.4 Å². The van der Waals surface area contributed by atoms with Gasteiger partial charge in [0, 0.05) is 17.5 Å². The highest BCUT2D eigenvalue weighted by atomic mass is 35.5. The zero-order valence-electron chi connectivity index (χ0n) is 12.3. The van der Waals surface area contributed by atoms with E-state index in [1.807, 2.05) is 23.8 Å². The summed E-state index contributed by atoms with van der Waals surface area (Å²) in [6.07, 6.45) is 2.08. The third-order valence-electron chi connectivity index (χ3n) is 2.94. The lowest BCUT2D eigenvalue weighted by molar-refractivity contribution is -0.120. The Labute approximate surface area is 146 Å². The predicted molar refractivity (Wildman–Crippen MR) is 94.1 cm³/mol. The van der Waals surface area contributed by atoms with Gasteiger partial charge in [0.05, 0.1) is 12.1 Å². The van der Waals surface area contributed by atoms with Crippen LogP contribution in [0.15, 0.2) is 21.2 Å². The topological polar surface area (TPSA) is 81.2 Å². The number of rotatable bonds is 7. The Morgan fingerprint density at radius 2 is 2.18 bits per heavy atom. The van der Waals surface area contributed by atoms with E-state index >= 15 is 0 Å². The van der Waals surface area contributed by atoms with Crippen LogP contribution in [0.5, 0.6) is 0 Å². The molecular formula is C14H21Cl2N3O2S. The van der Waals surface area contributed by atoms with Crippen molar-refractivity contribution in [1.29, 1.82) is 0 Å². The second kappa shape index (κ2) is 10.6. The highest BCUT2D eigenvalue weighted by Gasteiger charge is 2.14. The second-order valence-electron chi connectivity index (χ2n) is 4.56. The van der Waals surface area contributed by atoms with Crippen molar-refractivity contribution >= 4 is 42.1 Å². The summed E-state index contributed by atoms with van der Waals surface area (Å²) in [4.78, 5) is 16.2. The summed E-state index contributed by atoms with van der Waals surface area (Å²) in [5.41, 5.74) is 7.05. The summed E-state index contributed by atoms with van der Waals surface area (Å²) < 4.78 is 5.60. The van der Waals surface area contributed by atoms with Gasteiger partial charge in [-0.1, -0.05) is 0 Å². The number of aromatic nitrogens is 1. The first-order chi connectivity index (χ1) is 9.70. The molecule has 0 aliphatic rings. The number of unbranched alkanes of at least 4 members (excludes halogenated alkanes) is 1. The number of aryl methyl sites for hydroxylation is 1. The number of nitrogens with two attached hydrogens (primary N) is 1. The number of thiophene rings is 1. The molecule has 0 saturated heterocycles. The Morgan fingerprint density at radius 3 is 2.82 bits per heavy atom. The maximum Gasteiger partial charge on any atom is 0.227 e. The highest BCUT2D eigenvalue weighted by Crippen LogP contribution is 2.23. The number of amides is 1. The van der Waals surface area contributed by atoms with Crippen molar-refractivity contribution in [1.82, 2.24) is 10.3 Å². The lowest BCUT2D eigenvalue weighted by atomic mass is 10.2. The zero-order valence-corrected chi connectivity index (χ0v) is 14.8. The quantitative estimate of drug-likeness (QED) is 0.739. The number of nitrogens with zero attached hydrogens (tertiary/aromatic N) is 1. The van der Waals surface area contributed by atoms with Crippen molar-refractivity contribution in [3.8, 4) is 11.5 Å². The van der Waals surface area contributed by atoms with E-state index in [9.17, 15) is 4.79 Å². The minimum Gasteiger partial charge on any atom is -0.441 e. The van der Waals surface area contributed by atoms with Gasteiger partial charge in [-0.25, -0.2) is 4.98 Å². The van der Waals surface area contributed by atoms with Crippen LogP contribution in [-0.2, 0) is 11.2 Å². The normalized spacial score (nSPS) is 9.73. The molecule has 2 aromatic rings. The number of hydrogen-bond acceptors (Lipinski definition) is 5. The molecule has 0 aromatic carbocycles. The number of oxazole rings is 1. The molecule has 0 radical (unpaired) electrons. The third kappa shape index (κ3) is 5.96. The van der Waals surface area contributed by atoms with Crippen LogP contribution in [0.2, 0.25) is 0 Å². The van der Waals surface area contributed by atoms with Crippen LogP contribution in [0.4, 0.5) is 0 Å². The molecule has 8 heteroatoms. The van der Waals surface area contributed by atoms with E-state index < -0.39 is 0 Å². The van der Waals surface area contributed by atoms with Gasteiger partial charge in [0.25, 0.3) is 0 Å². The number of hydrogen-bond donors (Lipinski definition) is 2. The van der Waals surface area contributed by atoms with Crippen LogP contribution < -0.4 is 11.1 Å². The van der Waals surface area contributed by atoms with Crippen molar-refractivity contribution in [2.45, 2.75) is 26.2 Å². The highest BCUT2D eigenvalue weighted by molar-refractivity contribution is 7.08. The van der Waals surface area contributed by atoms with Gasteiger partial charge in [-0.15, -0.1) is 24.8 Å². The smallest absolute Gasteiger partial charge is 0.227 e. The molecule has 22 heavy (non-hydrogen) atoms. The predicted octanol–water partition coefficient (Wildman–Crippen LogP) is 2.95. The van der Waals surface area contributed by atoms with Gasteiger partial charge >= 0.3 is 0 Å². The molecule has 0 unspecified atom stereocenters. The van der Waals surface area contributed by atoms with Gasteiger partial charge in [0.2, 0.25) is 11.8 Å². The van der Waals surface area contributed by atoms with Gasteiger partial charge in [-0.3, -0.25) is 4.79 Å². The lowest BCUT2D eigenvalue weighted by Gasteiger charge is -2.03. The van der Waals surface area contributed by atoms with Crippen molar-refractivity contribution in [3.05, 3.63) is 28.3 Å². The first-order valence-corrected chi connectivity index (χ1v) is 7.60. The molecular weight excluding hydrogens is 345 g/mol. The lowest BCUT2D eigenvalue weighted by Crippen LogP contribution is -2.26. The fourth-order valence-electron chi connectivity index (χ4n) is 1.81.